The Morgan fingerprint density at radius 3 is 2.59 bits per heavy atom. The number of ether oxygens (including phenoxy) is 1. The molecule has 2 aromatic rings. The van der Waals surface area contributed by atoms with Crippen LogP contribution >= 0.6 is 11.6 Å². The topological polar surface area (TPSA) is 68.2 Å². The van der Waals surface area contributed by atoms with Gasteiger partial charge in [-0.05, 0) is 51.0 Å². The van der Waals surface area contributed by atoms with Crippen LogP contribution in [0.1, 0.15) is 47.3 Å². The molecule has 3 rings (SSSR count). The molecule has 6 nitrogen and oxygen atoms in total. The quantitative estimate of drug-likeness (QED) is 0.527. The van der Waals surface area contributed by atoms with Crippen LogP contribution in [0.5, 0.6) is 5.88 Å². The number of halogens is 1. The Kier molecular flexibility index (Phi) is 6.61. The van der Waals surface area contributed by atoms with Crippen LogP contribution in [0.25, 0.3) is 0 Å². The average molecular weight is 389 g/mol. The number of hydrogen-bond acceptors (Lipinski definition) is 6. The minimum atomic E-state index is 0.564. The van der Waals surface area contributed by atoms with Gasteiger partial charge in [-0.15, -0.1) is 0 Å². The van der Waals surface area contributed by atoms with Crippen molar-refractivity contribution in [2.75, 3.05) is 24.6 Å². The highest BCUT2D eigenvalue weighted by molar-refractivity contribution is 6.30. The van der Waals surface area contributed by atoms with E-state index in [0.29, 0.717) is 29.0 Å². The van der Waals surface area contributed by atoms with Crippen LogP contribution in [0.3, 0.4) is 0 Å². The fraction of sp³-hybridized carbons (Fsp3) is 0.500. The maximum Gasteiger partial charge on any atom is 0.225 e. The number of aryl methyl sites for hydroxylation is 2. The van der Waals surface area contributed by atoms with Crippen LogP contribution < -0.4 is 9.64 Å². The standard InChI is InChI=1S/C20H25ClN4O2/c1-14-10-19(24-15(2)18(14)13-26)27-9-3-4-16-5-7-25(8-6-16)20-22-11-17(21)12-23-20/h10-13,16H,3-9H2,1-2H3. The lowest BCUT2D eigenvalue weighted by molar-refractivity contribution is 0.112. The first kappa shape index (κ1) is 19.5. The molecule has 0 spiro atoms. The summed E-state index contributed by atoms with van der Waals surface area (Å²) in [4.78, 5) is 26.2. The van der Waals surface area contributed by atoms with E-state index < -0.39 is 0 Å². The third-order valence-corrected chi connectivity index (χ3v) is 5.26. The summed E-state index contributed by atoms with van der Waals surface area (Å²) < 4.78 is 5.79. The number of hydrogen-bond donors (Lipinski definition) is 0. The molecule has 1 fully saturated rings. The second-order valence-electron chi connectivity index (χ2n) is 7.02. The van der Waals surface area contributed by atoms with E-state index in [2.05, 4.69) is 19.9 Å². The maximum atomic E-state index is 11.0. The monoisotopic (exact) mass is 388 g/mol. The summed E-state index contributed by atoms with van der Waals surface area (Å²) >= 11 is 5.85. The third kappa shape index (κ3) is 5.16. The van der Waals surface area contributed by atoms with Crippen molar-refractivity contribution in [2.45, 2.75) is 39.5 Å². The molecule has 0 aliphatic carbocycles. The molecule has 0 aromatic carbocycles. The minimum absolute atomic E-state index is 0.564. The average Bonchev–Trinajstić information content (AvgIpc) is 2.66. The van der Waals surface area contributed by atoms with Gasteiger partial charge in [-0.25, -0.2) is 15.0 Å². The lowest BCUT2D eigenvalue weighted by Gasteiger charge is -2.31. The van der Waals surface area contributed by atoms with Crippen molar-refractivity contribution >= 4 is 23.8 Å². The highest BCUT2D eigenvalue weighted by atomic mass is 35.5. The van der Waals surface area contributed by atoms with Crippen molar-refractivity contribution < 1.29 is 9.53 Å². The largest absolute Gasteiger partial charge is 0.478 e. The molecule has 0 N–H and O–H groups in total. The molecule has 2 aromatic heterocycles. The van der Waals surface area contributed by atoms with Crippen LogP contribution in [0.15, 0.2) is 18.5 Å². The minimum Gasteiger partial charge on any atom is -0.478 e. The number of carbonyl (C=O) groups is 1. The van der Waals surface area contributed by atoms with E-state index in [4.69, 9.17) is 16.3 Å². The van der Waals surface area contributed by atoms with E-state index in [0.717, 1.165) is 62.3 Å². The van der Waals surface area contributed by atoms with Gasteiger partial charge in [0.05, 0.1) is 29.7 Å². The highest BCUT2D eigenvalue weighted by Crippen LogP contribution is 2.24. The first-order valence-electron chi connectivity index (χ1n) is 9.35. The highest BCUT2D eigenvalue weighted by Gasteiger charge is 2.20. The summed E-state index contributed by atoms with van der Waals surface area (Å²) in [6.45, 7) is 6.33. The summed E-state index contributed by atoms with van der Waals surface area (Å²) in [6.07, 6.45) is 8.55. The molecule has 1 saturated heterocycles. The van der Waals surface area contributed by atoms with E-state index in [1.165, 1.54) is 0 Å². The number of carbonyl (C=O) groups excluding carboxylic acids is 1. The normalized spacial score (nSPS) is 15.0. The smallest absolute Gasteiger partial charge is 0.225 e. The predicted octanol–water partition coefficient (Wildman–Crippen LogP) is 4.03. The molecular weight excluding hydrogens is 364 g/mol. The first-order chi connectivity index (χ1) is 13.1. The predicted molar refractivity (Wildman–Crippen MR) is 106 cm³/mol. The molecular formula is C20H25ClN4O2. The lowest BCUT2D eigenvalue weighted by Crippen LogP contribution is -2.34. The molecule has 27 heavy (non-hydrogen) atoms. The number of aldehydes is 1. The summed E-state index contributed by atoms with van der Waals surface area (Å²) in [7, 11) is 0. The van der Waals surface area contributed by atoms with Gasteiger partial charge in [0.25, 0.3) is 0 Å². The number of nitrogens with zero attached hydrogens (tertiary/aromatic N) is 4. The molecule has 144 valence electrons. The summed E-state index contributed by atoms with van der Waals surface area (Å²) in [5, 5.41) is 0.564. The number of aromatic nitrogens is 3. The number of anilines is 1. The fourth-order valence-electron chi connectivity index (χ4n) is 3.50. The van der Waals surface area contributed by atoms with E-state index in [9.17, 15) is 4.79 Å². The number of rotatable bonds is 7. The van der Waals surface area contributed by atoms with Crippen molar-refractivity contribution in [2.24, 2.45) is 5.92 Å². The molecule has 0 atom stereocenters. The Balaban J connectivity index is 1.39. The van der Waals surface area contributed by atoms with Gasteiger partial charge in [0.15, 0.2) is 6.29 Å². The Morgan fingerprint density at radius 1 is 1.26 bits per heavy atom. The Bertz CT molecular complexity index is 751. The van der Waals surface area contributed by atoms with E-state index in [1.54, 1.807) is 12.4 Å². The van der Waals surface area contributed by atoms with Gasteiger partial charge < -0.3 is 9.64 Å². The molecule has 3 heterocycles. The van der Waals surface area contributed by atoms with Gasteiger partial charge >= 0.3 is 0 Å². The Morgan fingerprint density at radius 2 is 1.96 bits per heavy atom. The second kappa shape index (κ2) is 9.13. The molecule has 0 amide bonds. The molecule has 1 aliphatic rings. The van der Waals surface area contributed by atoms with E-state index >= 15 is 0 Å². The Labute approximate surface area is 164 Å². The molecule has 0 radical (unpaired) electrons. The van der Waals surface area contributed by atoms with Crippen LogP contribution in [-0.4, -0.2) is 40.9 Å². The van der Waals surface area contributed by atoms with Crippen molar-refractivity contribution in [1.82, 2.24) is 15.0 Å². The van der Waals surface area contributed by atoms with Crippen LogP contribution in [0.2, 0.25) is 5.02 Å². The van der Waals surface area contributed by atoms with Crippen molar-refractivity contribution in [3.63, 3.8) is 0 Å². The van der Waals surface area contributed by atoms with E-state index in [1.807, 2.05) is 19.9 Å². The molecule has 1 aliphatic heterocycles. The number of piperidine rings is 1. The molecule has 7 heteroatoms. The zero-order valence-corrected chi connectivity index (χ0v) is 16.6. The van der Waals surface area contributed by atoms with Crippen molar-refractivity contribution in [3.05, 3.63) is 40.3 Å². The summed E-state index contributed by atoms with van der Waals surface area (Å²) in [5.41, 5.74) is 2.28. The third-order valence-electron chi connectivity index (χ3n) is 5.06. The van der Waals surface area contributed by atoms with Gasteiger partial charge in [-0.1, -0.05) is 11.6 Å². The summed E-state index contributed by atoms with van der Waals surface area (Å²) in [5.74, 6) is 2.06. The SMILES string of the molecule is Cc1cc(OCCCC2CCN(c3ncc(Cl)cn3)CC2)nc(C)c1C=O. The van der Waals surface area contributed by atoms with E-state index in [-0.39, 0.29) is 0 Å². The lowest BCUT2D eigenvalue weighted by atomic mass is 9.92. The summed E-state index contributed by atoms with van der Waals surface area (Å²) in [6, 6.07) is 1.83. The molecule has 0 bridgehead atoms. The van der Waals surface area contributed by atoms with Crippen LogP contribution in [0.4, 0.5) is 5.95 Å². The van der Waals surface area contributed by atoms with Gasteiger partial charge in [-0.2, -0.15) is 0 Å². The van der Waals surface area contributed by atoms with Crippen molar-refractivity contribution in [1.29, 1.82) is 0 Å². The second-order valence-corrected chi connectivity index (χ2v) is 7.45. The Hall–Kier alpha value is -2.21. The van der Waals surface area contributed by atoms with Gasteiger partial charge in [0.2, 0.25) is 11.8 Å². The zero-order valence-electron chi connectivity index (χ0n) is 15.8. The van der Waals surface area contributed by atoms with Crippen LogP contribution in [-0.2, 0) is 0 Å². The van der Waals surface area contributed by atoms with Gasteiger partial charge in [-0.3, -0.25) is 4.79 Å². The number of pyridine rings is 1. The fourth-order valence-corrected chi connectivity index (χ4v) is 3.60. The zero-order chi connectivity index (χ0) is 19.2. The molecule has 0 unspecified atom stereocenters. The van der Waals surface area contributed by atoms with Gasteiger partial charge in [0.1, 0.15) is 0 Å². The van der Waals surface area contributed by atoms with Crippen molar-refractivity contribution in [3.8, 4) is 5.88 Å². The maximum absolute atomic E-state index is 11.0. The van der Waals surface area contributed by atoms with Gasteiger partial charge in [0, 0.05) is 24.7 Å². The molecule has 0 saturated carbocycles. The first-order valence-corrected chi connectivity index (χ1v) is 9.73. The van der Waals surface area contributed by atoms with Crippen LogP contribution in [0, 0.1) is 19.8 Å².